The second kappa shape index (κ2) is 10.2. The van der Waals surface area contributed by atoms with E-state index in [1.165, 1.54) is 37.1 Å². The summed E-state index contributed by atoms with van der Waals surface area (Å²) in [6.07, 6.45) is 1.68. The van der Waals surface area contributed by atoms with Crippen LogP contribution in [-0.4, -0.2) is 26.6 Å². The predicted octanol–water partition coefficient (Wildman–Crippen LogP) is 5.27. The lowest BCUT2D eigenvalue weighted by atomic mass is 10.2. The number of carbonyl (C=O) groups excluding carboxylic acids is 1. The number of aliphatic imine (C=N–C) groups is 1. The van der Waals surface area contributed by atoms with Crippen molar-refractivity contribution in [2.75, 3.05) is 7.11 Å². The fraction of sp³-hybridized carbons (Fsp3) is 0.0833. The van der Waals surface area contributed by atoms with Gasteiger partial charge in [0, 0.05) is 3.57 Å². The van der Waals surface area contributed by atoms with E-state index in [0.717, 1.165) is 14.8 Å². The first-order valence-corrected chi connectivity index (χ1v) is 13.3. The Morgan fingerprint density at radius 1 is 1.03 bits per heavy atom. The number of hydrogen-bond donors (Lipinski definition) is 1. The van der Waals surface area contributed by atoms with Gasteiger partial charge in [-0.15, -0.1) is 0 Å². The zero-order valence-corrected chi connectivity index (χ0v) is 21.9. The van der Waals surface area contributed by atoms with Crippen LogP contribution in [0.5, 0.6) is 11.5 Å². The van der Waals surface area contributed by atoms with Gasteiger partial charge in [0.25, 0.3) is 5.91 Å². The van der Waals surface area contributed by atoms with E-state index in [1.807, 2.05) is 31.2 Å². The average Bonchev–Trinajstić information content (AvgIpc) is 3.15. The number of thioether (sulfide) groups is 1. The van der Waals surface area contributed by atoms with Crippen molar-refractivity contribution in [1.29, 1.82) is 0 Å². The molecule has 0 unspecified atom stereocenters. The smallest absolute Gasteiger partial charge is 0.339 e. The summed E-state index contributed by atoms with van der Waals surface area (Å²) >= 11 is 3.41. The predicted molar refractivity (Wildman–Crippen MR) is 142 cm³/mol. The number of halogens is 1. The number of rotatable bonds is 6. The minimum absolute atomic E-state index is 0.0465. The highest BCUT2D eigenvalue weighted by molar-refractivity contribution is 14.1. The summed E-state index contributed by atoms with van der Waals surface area (Å²) < 4.78 is 36.9. The molecule has 0 aromatic heterocycles. The van der Waals surface area contributed by atoms with Crippen molar-refractivity contribution in [2.24, 2.45) is 4.99 Å². The fourth-order valence-corrected chi connectivity index (χ4v) is 5.28. The van der Waals surface area contributed by atoms with Crippen LogP contribution in [0.3, 0.4) is 0 Å². The first-order chi connectivity index (χ1) is 16.2. The van der Waals surface area contributed by atoms with Gasteiger partial charge in [-0.2, -0.15) is 8.42 Å². The van der Waals surface area contributed by atoms with Crippen molar-refractivity contribution in [2.45, 2.75) is 11.8 Å². The van der Waals surface area contributed by atoms with Crippen LogP contribution in [0.2, 0.25) is 0 Å². The third-order valence-corrected chi connectivity index (χ3v) is 7.79. The van der Waals surface area contributed by atoms with Crippen molar-refractivity contribution in [3.63, 3.8) is 0 Å². The maximum atomic E-state index is 12.6. The van der Waals surface area contributed by atoms with Crippen molar-refractivity contribution in [3.05, 3.63) is 86.3 Å². The Bertz CT molecular complexity index is 1420. The molecule has 1 aliphatic rings. The van der Waals surface area contributed by atoms with E-state index in [-0.39, 0.29) is 22.3 Å². The van der Waals surface area contributed by atoms with Gasteiger partial charge in [-0.05, 0) is 89.3 Å². The summed E-state index contributed by atoms with van der Waals surface area (Å²) in [5.41, 5.74) is 2.35. The lowest BCUT2D eigenvalue weighted by Crippen LogP contribution is -2.19. The number of methoxy groups -OCH3 is 1. The quantitative estimate of drug-likeness (QED) is 0.234. The molecule has 0 atom stereocenters. The average molecular weight is 606 g/mol. The number of para-hydroxylation sites is 1. The molecular formula is C24H19IN2O5S2. The van der Waals surface area contributed by atoms with E-state index in [0.29, 0.717) is 15.6 Å². The van der Waals surface area contributed by atoms with Crippen LogP contribution >= 0.6 is 34.4 Å². The van der Waals surface area contributed by atoms with Crippen molar-refractivity contribution < 1.29 is 22.1 Å². The summed E-state index contributed by atoms with van der Waals surface area (Å²) in [6, 6.07) is 18.7. The molecule has 0 radical (unpaired) electrons. The van der Waals surface area contributed by atoms with Crippen LogP contribution in [0.1, 0.15) is 11.1 Å². The van der Waals surface area contributed by atoms with Gasteiger partial charge in [0.05, 0.1) is 17.7 Å². The Kier molecular flexibility index (Phi) is 7.29. The largest absolute Gasteiger partial charge is 0.493 e. The molecule has 3 aromatic carbocycles. The molecule has 1 aliphatic heterocycles. The molecule has 10 heteroatoms. The zero-order chi connectivity index (χ0) is 24.3. The molecule has 3 aromatic rings. The van der Waals surface area contributed by atoms with E-state index < -0.39 is 10.1 Å². The number of carbonyl (C=O) groups is 1. The number of nitrogens with zero attached hydrogens (tertiary/aromatic N) is 1. The molecule has 1 N–H and O–H groups in total. The summed E-state index contributed by atoms with van der Waals surface area (Å²) in [5, 5.41) is 3.24. The molecule has 1 fully saturated rings. The molecule has 4 rings (SSSR count). The topological polar surface area (TPSA) is 94.1 Å². The van der Waals surface area contributed by atoms with Crippen LogP contribution in [0.25, 0.3) is 6.08 Å². The van der Waals surface area contributed by atoms with Crippen molar-refractivity contribution >= 4 is 67.3 Å². The number of amides is 1. The molecule has 1 heterocycles. The first kappa shape index (κ1) is 24.3. The molecule has 0 spiro atoms. The Morgan fingerprint density at radius 3 is 2.47 bits per heavy atom. The highest BCUT2D eigenvalue weighted by Gasteiger charge is 2.24. The van der Waals surface area contributed by atoms with E-state index in [9.17, 15) is 13.2 Å². The van der Waals surface area contributed by atoms with E-state index in [2.05, 4.69) is 32.9 Å². The molecule has 0 saturated carbocycles. The van der Waals surface area contributed by atoms with Gasteiger partial charge >= 0.3 is 10.1 Å². The molecule has 7 nitrogen and oxygen atoms in total. The number of nitrogens with one attached hydrogen (secondary N) is 1. The third-order valence-electron chi connectivity index (χ3n) is 4.72. The summed E-state index contributed by atoms with van der Waals surface area (Å²) in [6.45, 7) is 1.87. The lowest BCUT2D eigenvalue weighted by Gasteiger charge is -2.11. The zero-order valence-electron chi connectivity index (χ0n) is 18.1. The number of benzene rings is 3. The van der Waals surface area contributed by atoms with E-state index in [4.69, 9.17) is 8.92 Å². The Labute approximate surface area is 215 Å². The van der Waals surface area contributed by atoms with Gasteiger partial charge in [0.2, 0.25) is 0 Å². The second-order valence-electron chi connectivity index (χ2n) is 7.19. The Hall–Kier alpha value is -2.83. The van der Waals surface area contributed by atoms with E-state index >= 15 is 0 Å². The third kappa shape index (κ3) is 5.62. The van der Waals surface area contributed by atoms with Crippen molar-refractivity contribution in [3.8, 4) is 11.5 Å². The highest BCUT2D eigenvalue weighted by Crippen LogP contribution is 2.34. The first-order valence-electron chi connectivity index (χ1n) is 9.98. The molecule has 34 heavy (non-hydrogen) atoms. The van der Waals surface area contributed by atoms with Crippen LogP contribution in [0.15, 0.2) is 81.5 Å². The van der Waals surface area contributed by atoms with Crippen LogP contribution < -0.4 is 14.2 Å². The number of aryl methyl sites for hydroxylation is 1. The SMILES string of the molecule is COc1cc(/C=C2/SC(=Nc3ccccc3I)NC2=O)ccc1OS(=O)(=O)c1ccc(C)cc1. The summed E-state index contributed by atoms with van der Waals surface area (Å²) in [4.78, 5) is 17.4. The van der Waals surface area contributed by atoms with Gasteiger partial charge in [-0.25, -0.2) is 4.99 Å². The fourth-order valence-electron chi connectivity index (χ4n) is 3.00. The normalized spacial score (nSPS) is 16.0. The van der Waals surface area contributed by atoms with Gasteiger partial charge in [0.1, 0.15) is 4.90 Å². The summed E-state index contributed by atoms with van der Waals surface area (Å²) in [5.74, 6) is 0.00626. The number of hydrogen-bond acceptors (Lipinski definition) is 7. The highest BCUT2D eigenvalue weighted by atomic mass is 127. The maximum absolute atomic E-state index is 12.6. The second-order valence-corrected chi connectivity index (χ2v) is 10.9. The summed E-state index contributed by atoms with van der Waals surface area (Å²) in [7, 11) is -2.61. The van der Waals surface area contributed by atoms with Gasteiger partial charge < -0.3 is 14.2 Å². The number of amidine groups is 1. The molecule has 174 valence electrons. The van der Waals surface area contributed by atoms with Gasteiger partial charge in [-0.3, -0.25) is 4.79 Å². The van der Waals surface area contributed by atoms with Crippen molar-refractivity contribution in [1.82, 2.24) is 5.32 Å². The van der Waals surface area contributed by atoms with Gasteiger partial charge in [0.15, 0.2) is 16.7 Å². The van der Waals surface area contributed by atoms with Crippen LogP contribution in [0.4, 0.5) is 5.69 Å². The Balaban J connectivity index is 1.56. The minimum Gasteiger partial charge on any atom is -0.493 e. The monoisotopic (exact) mass is 606 g/mol. The number of ether oxygens (including phenoxy) is 1. The lowest BCUT2D eigenvalue weighted by molar-refractivity contribution is -0.115. The van der Waals surface area contributed by atoms with Crippen LogP contribution in [0, 0.1) is 10.5 Å². The molecule has 0 aliphatic carbocycles. The molecular weight excluding hydrogens is 587 g/mol. The molecule has 0 bridgehead atoms. The van der Waals surface area contributed by atoms with Crippen LogP contribution in [-0.2, 0) is 14.9 Å². The standard InChI is InChI=1S/C24H19IN2O5S2/c1-15-7-10-17(11-8-15)34(29,30)32-20-12-9-16(13-21(20)31-2)14-22-23(28)27-24(33-22)26-19-6-4-3-5-18(19)25/h3-14H,1-2H3,(H,26,27,28)/b22-14+. The van der Waals surface area contributed by atoms with Gasteiger partial charge in [-0.1, -0.05) is 35.9 Å². The molecule has 1 amide bonds. The minimum atomic E-state index is -4.03. The Morgan fingerprint density at radius 2 is 1.76 bits per heavy atom. The molecule has 1 saturated heterocycles. The maximum Gasteiger partial charge on any atom is 0.339 e. The van der Waals surface area contributed by atoms with E-state index in [1.54, 1.807) is 30.3 Å².